The molecular formula is C20H25ClN3O2+. The minimum atomic E-state index is 0.0878. The van der Waals surface area contributed by atoms with Gasteiger partial charge in [-0.15, -0.1) is 0 Å². The van der Waals surface area contributed by atoms with E-state index in [4.69, 9.17) is 16.3 Å². The number of piperazine rings is 1. The molecule has 0 bridgehead atoms. The zero-order valence-electron chi connectivity index (χ0n) is 15.0. The molecule has 0 atom stereocenters. The zero-order chi connectivity index (χ0) is 18.4. The number of benzene rings is 2. The molecule has 1 fully saturated rings. The van der Waals surface area contributed by atoms with Crippen LogP contribution < -0.4 is 19.9 Å². The monoisotopic (exact) mass is 374 g/mol. The van der Waals surface area contributed by atoms with Crippen molar-refractivity contribution in [2.24, 2.45) is 0 Å². The number of carbonyl (C=O) groups excluding carboxylic acids is 1. The summed E-state index contributed by atoms with van der Waals surface area (Å²) in [6.07, 6.45) is 0. The minimum absolute atomic E-state index is 0.0878. The minimum Gasteiger partial charge on any atom is -0.497 e. The van der Waals surface area contributed by atoms with E-state index in [1.165, 1.54) is 10.6 Å². The molecule has 1 saturated heterocycles. The van der Waals surface area contributed by atoms with E-state index in [-0.39, 0.29) is 5.91 Å². The molecule has 1 aliphatic rings. The van der Waals surface area contributed by atoms with Gasteiger partial charge >= 0.3 is 0 Å². The number of halogens is 1. The molecule has 2 aromatic carbocycles. The fourth-order valence-corrected chi connectivity index (χ4v) is 3.28. The molecule has 5 nitrogen and oxygen atoms in total. The molecule has 138 valence electrons. The van der Waals surface area contributed by atoms with E-state index < -0.39 is 0 Å². The Labute approximate surface area is 159 Å². The number of hydrogen-bond donors (Lipinski definition) is 2. The van der Waals surface area contributed by atoms with Gasteiger partial charge in [-0.2, -0.15) is 0 Å². The molecule has 2 aromatic rings. The fourth-order valence-electron chi connectivity index (χ4n) is 3.16. The second-order valence-electron chi connectivity index (χ2n) is 6.52. The van der Waals surface area contributed by atoms with E-state index in [0.29, 0.717) is 18.1 Å². The molecule has 3 rings (SSSR count). The third kappa shape index (κ3) is 5.13. The molecule has 0 radical (unpaired) electrons. The van der Waals surface area contributed by atoms with Crippen LogP contribution in [0.25, 0.3) is 0 Å². The van der Waals surface area contributed by atoms with Crippen LogP contribution in [0.5, 0.6) is 5.75 Å². The van der Waals surface area contributed by atoms with Gasteiger partial charge < -0.3 is 19.9 Å². The molecule has 1 amide bonds. The van der Waals surface area contributed by atoms with E-state index in [1.807, 2.05) is 36.4 Å². The van der Waals surface area contributed by atoms with Crippen molar-refractivity contribution in [1.29, 1.82) is 0 Å². The molecule has 0 spiro atoms. The van der Waals surface area contributed by atoms with Crippen LogP contribution in [0.2, 0.25) is 5.02 Å². The number of carbonyl (C=O) groups is 1. The Bertz CT molecular complexity index is 728. The number of ether oxygens (including phenoxy) is 1. The van der Waals surface area contributed by atoms with Gasteiger partial charge in [0.15, 0.2) is 6.54 Å². The first-order chi connectivity index (χ1) is 12.6. The van der Waals surface area contributed by atoms with Crippen LogP contribution in [-0.4, -0.2) is 45.7 Å². The molecular weight excluding hydrogens is 350 g/mol. The van der Waals surface area contributed by atoms with Crippen molar-refractivity contribution in [3.05, 3.63) is 59.1 Å². The molecule has 26 heavy (non-hydrogen) atoms. The topological polar surface area (TPSA) is 46.0 Å². The predicted molar refractivity (Wildman–Crippen MR) is 104 cm³/mol. The Morgan fingerprint density at radius 1 is 1.19 bits per heavy atom. The number of amides is 1. The summed E-state index contributed by atoms with van der Waals surface area (Å²) in [5.41, 5.74) is 2.23. The molecule has 6 heteroatoms. The van der Waals surface area contributed by atoms with E-state index >= 15 is 0 Å². The molecule has 0 aromatic heterocycles. The van der Waals surface area contributed by atoms with Gasteiger partial charge in [-0.25, -0.2) is 0 Å². The maximum Gasteiger partial charge on any atom is 0.275 e. The molecule has 2 N–H and O–H groups in total. The number of anilines is 1. The Hall–Kier alpha value is -2.24. The second kappa shape index (κ2) is 8.92. The van der Waals surface area contributed by atoms with E-state index in [1.54, 1.807) is 7.11 Å². The molecule has 0 aliphatic carbocycles. The first-order valence-electron chi connectivity index (χ1n) is 8.88. The highest BCUT2D eigenvalue weighted by molar-refractivity contribution is 6.30. The third-order valence-electron chi connectivity index (χ3n) is 4.70. The number of hydrogen-bond acceptors (Lipinski definition) is 3. The van der Waals surface area contributed by atoms with Crippen LogP contribution in [0.4, 0.5) is 5.69 Å². The van der Waals surface area contributed by atoms with Gasteiger partial charge in [0.05, 0.1) is 33.3 Å². The summed E-state index contributed by atoms with van der Waals surface area (Å²) in [7, 11) is 1.68. The standard InChI is InChI=1S/C20H24ClN3O2/c1-26-19-4-2-3-18(13-19)24-11-9-23(10-12-24)15-20(25)22-14-16-5-7-17(21)8-6-16/h2-8,13H,9-12,14-15H2,1H3,(H,22,25)/p+1. The van der Waals surface area contributed by atoms with E-state index in [2.05, 4.69) is 22.3 Å². The normalized spacial score (nSPS) is 14.9. The quantitative estimate of drug-likeness (QED) is 0.802. The number of rotatable bonds is 6. The number of nitrogens with zero attached hydrogens (tertiary/aromatic N) is 1. The lowest BCUT2D eigenvalue weighted by atomic mass is 10.2. The summed E-state index contributed by atoms with van der Waals surface area (Å²) in [4.78, 5) is 15.9. The first kappa shape index (κ1) is 18.5. The van der Waals surface area contributed by atoms with Gasteiger partial charge in [0.1, 0.15) is 5.75 Å². The molecule has 1 aliphatic heterocycles. The predicted octanol–water partition coefficient (Wildman–Crippen LogP) is 1.37. The van der Waals surface area contributed by atoms with Gasteiger partial charge in [-0.3, -0.25) is 4.79 Å². The lowest BCUT2D eigenvalue weighted by Gasteiger charge is -2.33. The Kier molecular flexibility index (Phi) is 6.36. The maximum absolute atomic E-state index is 12.2. The SMILES string of the molecule is COc1cccc(N2CC[NH+](CC(=O)NCc3ccc(Cl)cc3)CC2)c1. The van der Waals surface area contributed by atoms with Crippen molar-refractivity contribution < 1.29 is 14.4 Å². The van der Waals surface area contributed by atoms with Crippen LogP contribution in [-0.2, 0) is 11.3 Å². The summed E-state index contributed by atoms with van der Waals surface area (Å²) in [5.74, 6) is 0.962. The number of methoxy groups -OCH3 is 1. The highest BCUT2D eigenvalue weighted by Gasteiger charge is 2.22. The van der Waals surface area contributed by atoms with Gasteiger partial charge in [0.25, 0.3) is 5.91 Å². The Balaban J connectivity index is 1.43. The maximum atomic E-state index is 12.2. The number of quaternary nitrogens is 1. The summed E-state index contributed by atoms with van der Waals surface area (Å²) >= 11 is 5.87. The van der Waals surface area contributed by atoms with Crippen molar-refractivity contribution in [1.82, 2.24) is 5.32 Å². The van der Waals surface area contributed by atoms with E-state index in [0.717, 1.165) is 37.5 Å². The first-order valence-corrected chi connectivity index (χ1v) is 9.25. The van der Waals surface area contributed by atoms with Gasteiger partial charge in [-0.1, -0.05) is 29.8 Å². The summed E-state index contributed by atoms with van der Waals surface area (Å²) in [6, 6.07) is 15.7. The Morgan fingerprint density at radius 3 is 2.62 bits per heavy atom. The zero-order valence-corrected chi connectivity index (χ0v) is 15.8. The van der Waals surface area contributed by atoms with Crippen molar-refractivity contribution in [2.45, 2.75) is 6.54 Å². The average Bonchev–Trinajstić information content (AvgIpc) is 2.68. The second-order valence-corrected chi connectivity index (χ2v) is 6.95. The van der Waals surface area contributed by atoms with Crippen molar-refractivity contribution in [2.75, 3.05) is 44.7 Å². The van der Waals surface area contributed by atoms with Crippen LogP contribution >= 0.6 is 11.6 Å². The molecule has 1 heterocycles. The largest absolute Gasteiger partial charge is 0.497 e. The molecule has 0 saturated carbocycles. The summed E-state index contributed by atoms with van der Waals surface area (Å²) in [6.45, 7) is 4.83. The lowest BCUT2D eigenvalue weighted by molar-refractivity contribution is -0.892. The van der Waals surface area contributed by atoms with E-state index in [9.17, 15) is 4.79 Å². The van der Waals surface area contributed by atoms with Gasteiger partial charge in [0.2, 0.25) is 0 Å². The van der Waals surface area contributed by atoms with Crippen molar-refractivity contribution in [3.63, 3.8) is 0 Å². The molecule has 0 unspecified atom stereocenters. The smallest absolute Gasteiger partial charge is 0.275 e. The van der Waals surface area contributed by atoms with Crippen molar-refractivity contribution >= 4 is 23.2 Å². The van der Waals surface area contributed by atoms with Gasteiger partial charge in [-0.05, 0) is 29.8 Å². The lowest BCUT2D eigenvalue weighted by Crippen LogP contribution is -3.15. The third-order valence-corrected chi connectivity index (χ3v) is 4.95. The van der Waals surface area contributed by atoms with Crippen molar-refractivity contribution in [3.8, 4) is 5.75 Å². The van der Waals surface area contributed by atoms with Gasteiger partial charge in [0, 0.05) is 23.3 Å². The highest BCUT2D eigenvalue weighted by atomic mass is 35.5. The summed E-state index contributed by atoms with van der Waals surface area (Å²) in [5, 5.41) is 3.70. The Morgan fingerprint density at radius 2 is 1.92 bits per heavy atom. The van der Waals surface area contributed by atoms with Crippen LogP contribution in [0.3, 0.4) is 0 Å². The summed E-state index contributed by atoms with van der Waals surface area (Å²) < 4.78 is 5.30. The van der Waals surface area contributed by atoms with Crippen LogP contribution in [0, 0.1) is 0 Å². The fraction of sp³-hybridized carbons (Fsp3) is 0.350. The average molecular weight is 375 g/mol. The number of nitrogens with one attached hydrogen (secondary N) is 2. The highest BCUT2D eigenvalue weighted by Crippen LogP contribution is 2.20. The van der Waals surface area contributed by atoms with Crippen LogP contribution in [0.1, 0.15) is 5.56 Å². The van der Waals surface area contributed by atoms with Crippen LogP contribution in [0.15, 0.2) is 48.5 Å².